The van der Waals surface area contributed by atoms with Crippen molar-refractivity contribution in [2.45, 2.75) is 32.9 Å². The molecule has 2 rings (SSSR count). The lowest BCUT2D eigenvalue weighted by Crippen LogP contribution is -2.47. The number of nitrogens with zero attached hydrogens (tertiary/aromatic N) is 1. The van der Waals surface area contributed by atoms with Gasteiger partial charge in [0, 0.05) is 37.2 Å². The molecule has 1 saturated heterocycles. The Morgan fingerprint density at radius 3 is 2.67 bits per heavy atom. The zero-order chi connectivity index (χ0) is 15.2. The molecule has 2 unspecified atom stereocenters. The third-order valence-electron chi connectivity index (χ3n) is 3.87. The molecule has 0 bridgehead atoms. The number of halogens is 1. The second kappa shape index (κ2) is 8.14. The number of nitrogens with one attached hydrogen (secondary N) is 1. The Kier molecular flexibility index (Phi) is 6.49. The predicted molar refractivity (Wildman–Crippen MR) is 88.9 cm³/mol. The predicted octanol–water partition coefficient (Wildman–Crippen LogP) is 3.35. The van der Waals surface area contributed by atoms with Gasteiger partial charge in [-0.1, -0.05) is 37.6 Å². The van der Waals surface area contributed by atoms with Crippen LogP contribution in [-0.2, 0) is 4.74 Å². The van der Waals surface area contributed by atoms with Gasteiger partial charge in [0.05, 0.1) is 12.7 Å². The summed E-state index contributed by atoms with van der Waals surface area (Å²) in [6, 6.07) is 8.35. The van der Waals surface area contributed by atoms with Gasteiger partial charge in [-0.15, -0.1) is 0 Å². The number of benzene rings is 1. The summed E-state index contributed by atoms with van der Waals surface area (Å²) in [6.45, 7) is 11.7. The van der Waals surface area contributed by atoms with Crippen LogP contribution in [0, 0.1) is 5.92 Å². The molecule has 1 heterocycles. The number of rotatable bonds is 6. The number of hydrogen-bond donors (Lipinski definition) is 1. The van der Waals surface area contributed by atoms with E-state index in [2.05, 4.69) is 43.1 Å². The van der Waals surface area contributed by atoms with Crippen molar-refractivity contribution in [2.75, 3.05) is 32.8 Å². The van der Waals surface area contributed by atoms with Crippen LogP contribution >= 0.6 is 11.6 Å². The van der Waals surface area contributed by atoms with Crippen molar-refractivity contribution in [3.05, 3.63) is 34.9 Å². The van der Waals surface area contributed by atoms with Crippen molar-refractivity contribution in [1.29, 1.82) is 0 Å². The maximum absolute atomic E-state index is 5.93. The van der Waals surface area contributed by atoms with Crippen LogP contribution in [-0.4, -0.2) is 43.8 Å². The van der Waals surface area contributed by atoms with Crippen molar-refractivity contribution in [2.24, 2.45) is 5.92 Å². The lowest BCUT2D eigenvalue weighted by molar-refractivity contribution is -0.0311. The van der Waals surface area contributed by atoms with Gasteiger partial charge in [-0.25, -0.2) is 0 Å². The second-order valence-corrected chi connectivity index (χ2v) is 6.76. The first-order chi connectivity index (χ1) is 10.0. The zero-order valence-electron chi connectivity index (χ0n) is 13.3. The molecule has 0 spiro atoms. The second-order valence-electron chi connectivity index (χ2n) is 6.33. The van der Waals surface area contributed by atoms with E-state index < -0.39 is 0 Å². The lowest BCUT2D eigenvalue weighted by Gasteiger charge is -2.34. The van der Waals surface area contributed by atoms with Crippen molar-refractivity contribution in [3.8, 4) is 0 Å². The van der Waals surface area contributed by atoms with Crippen molar-refractivity contribution in [3.63, 3.8) is 0 Å². The summed E-state index contributed by atoms with van der Waals surface area (Å²) in [5, 5.41) is 4.35. The van der Waals surface area contributed by atoms with Gasteiger partial charge in [0.25, 0.3) is 0 Å². The normalized spacial score (nSPS) is 21.7. The van der Waals surface area contributed by atoms with Gasteiger partial charge in [-0.2, -0.15) is 0 Å². The minimum absolute atomic E-state index is 0.284. The van der Waals surface area contributed by atoms with Crippen LogP contribution < -0.4 is 5.32 Å². The summed E-state index contributed by atoms with van der Waals surface area (Å²) in [4.78, 5) is 2.51. The fourth-order valence-electron chi connectivity index (χ4n) is 2.76. The maximum Gasteiger partial charge on any atom is 0.0826 e. The molecule has 1 fully saturated rings. The summed E-state index contributed by atoms with van der Waals surface area (Å²) in [6.07, 6.45) is 0.284. The smallest absolute Gasteiger partial charge is 0.0826 e. The third kappa shape index (κ3) is 5.59. The summed E-state index contributed by atoms with van der Waals surface area (Å²) in [5.41, 5.74) is 1.26. The highest BCUT2D eigenvalue weighted by Crippen LogP contribution is 2.16. The topological polar surface area (TPSA) is 24.5 Å². The SMILES string of the molecule is CC(C)CN1CCOC(CNC(C)c2ccc(Cl)cc2)C1. The third-order valence-corrected chi connectivity index (χ3v) is 4.12. The Balaban J connectivity index is 1.78. The van der Waals surface area contributed by atoms with Crippen molar-refractivity contribution < 1.29 is 4.74 Å². The van der Waals surface area contributed by atoms with Gasteiger partial charge in [-0.3, -0.25) is 4.90 Å². The molecule has 2 atom stereocenters. The van der Waals surface area contributed by atoms with E-state index in [0.717, 1.165) is 37.8 Å². The summed E-state index contributed by atoms with van der Waals surface area (Å²) in [5.74, 6) is 0.713. The molecule has 1 N–H and O–H groups in total. The molecule has 1 aliphatic rings. The summed E-state index contributed by atoms with van der Waals surface area (Å²) < 4.78 is 5.87. The molecule has 0 saturated carbocycles. The molecule has 0 aliphatic carbocycles. The van der Waals surface area contributed by atoms with Gasteiger partial charge in [0.15, 0.2) is 0 Å². The van der Waals surface area contributed by atoms with Crippen molar-refractivity contribution >= 4 is 11.6 Å². The minimum Gasteiger partial charge on any atom is -0.374 e. The van der Waals surface area contributed by atoms with E-state index in [0.29, 0.717) is 12.0 Å². The summed E-state index contributed by atoms with van der Waals surface area (Å²) in [7, 11) is 0. The van der Waals surface area contributed by atoms with E-state index in [1.165, 1.54) is 5.56 Å². The van der Waals surface area contributed by atoms with E-state index in [-0.39, 0.29) is 6.10 Å². The standard InChI is InChI=1S/C17H27ClN2O/c1-13(2)11-20-8-9-21-17(12-20)10-19-14(3)15-4-6-16(18)7-5-15/h4-7,13-14,17,19H,8-12H2,1-3H3. The molecular weight excluding hydrogens is 284 g/mol. The van der Waals surface area contributed by atoms with Crippen molar-refractivity contribution in [1.82, 2.24) is 10.2 Å². The first kappa shape index (κ1) is 16.8. The first-order valence-corrected chi connectivity index (χ1v) is 8.25. The van der Waals surface area contributed by atoms with E-state index in [1.54, 1.807) is 0 Å². The molecule has 118 valence electrons. The van der Waals surface area contributed by atoms with E-state index >= 15 is 0 Å². The van der Waals surface area contributed by atoms with E-state index in [1.807, 2.05) is 12.1 Å². The van der Waals surface area contributed by atoms with Gasteiger partial charge in [-0.05, 0) is 30.5 Å². The zero-order valence-corrected chi connectivity index (χ0v) is 14.1. The van der Waals surface area contributed by atoms with Crippen LogP contribution in [0.15, 0.2) is 24.3 Å². The van der Waals surface area contributed by atoms with Gasteiger partial charge in [0.1, 0.15) is 0 Å². The highest BCUT2D eigenvalue weighted by atomic mass is 35.5. The monoisotopic (exact) mass is 310 g/mol. The number of morpholine rings is 1. The molecule has 21 heavy (non-hydrogen) atoms. The average Bonchev–Trinajstić information content (AvgIpc) is 2.45. The van der Waals surface area contributed by atoms with E-state index in [9.17, 15) is 0 Å². The highest BCUT2D eigenvalue weighted by molar-refractivity contribution is 6.30. The van der Waals surface area contributed by atoms with Gasteiger partial charge < -0.3 is 10.1 Å². The molecule has 3 nitrogen and oxygen atoms in total. The maximum atomic E-state index is 5.93. The Morgan fingerprint density at radius 2 is 2.00 bits per heavy atom. The van der Waals surface area contributed by atoms with E-state index in [4.69, 9.17) is 16.3 Å². The molecule has 4 heteroatoms. The Bertz CT molecular complexity index is 421. The Labute approximate surface area is 133 Å². The van der Waals surface area contributed by atoms with Crippen LogP contribution in [0.3, 0.4) is 0 Å². The van der Waals surface area contributed by atoms with Gasteiger partial charge in [0.2, 0.25) is 0 Å². The molecule has 1 aliphatic heterocycles. The van der Waals surface area contributed by atoms with Crippen LogP contribution in [0.4, 0.5) is 0 Å². The lowest BCUT2D eigenvalue weighted by atomic mass is 10.1. The summed E-state index contributed by atoms with van der Waals surface area (Å²) >= 11 is 5.93. The molecule has 0 amide bonds. The highest BCUT2D eigenvalue weighted by Gasteiger charge is 2.21. The largest absolute Gasteiger partial charge is 0.374 e. The molecule has 0 aromatic heterocycles. The minimum atomic E-state index is 0.284. The van der Waals surface area contributed by atoms with Gasteiger partial charge >= 0.3 is 0 Å². The molecule has 0 radical (unpaired) electrons. The fourth-order valence-corrected chi connectivity index (χ4v) is 2.89. The molecule has 1 aromatic carbocycles. The quantitative estimate of drug-likeness (QED) is 0.872. The van der Waals surface area contributed by atoms with Crippen LogP contribution in [0.1, 0.15) is 32.4 Å². The number of ether oxygens (including phenoxy) is 1. The van der Waals surface area contributed by atoms with Crippen LogP contribution in [0.5, 0.6) is 0 Å². The van der Waals surface area contributed by atoms with Crippen LogP contribution in [0.25, 0.3) is 0 Å². The average molecular weight is 311 g/mol. The molecule has 1 aromatic rings. The Morgan fingerprint density at radius 1 is 1.29 bits per heavy atom. The Hall–Kier alpha value is -0.610. The van der Waals surface area contributed by atoms with Crippen LogP contribution in [0.2, 0.25) is 5.02 Å². The first-order valence-electron chi connectivity index (χ1n) is 7.87. The number of hydrogen-bond acceptors (Lipinski definition) is 3. The molecular formula is C17H27ClN2O. The fraction of sp³-hybridized carbons (Fsp3) is 0.647.